The average Bonchev–Trinajstić information content (AvgIpc) is 2.78. The van der Waals surface area contributed by atoms with E-state index in [0.29, 0.717) is 24.7 Å². The summed E-state index contributed by atoms with van der Waals surface area (Å²) in [4.78, 5) is 2.30. The quantitative estimate of drug-likeness (QED) is 0.787. The van der Waals surface area contributed by atoms with Crippen LogP contribution in [0.15, 0.2) is 36.4 Å². The van der Waals surface area contributed by atoms with E-state index in [1.807, 2.05) is 36.4 Å². The predicted octanol–water partition coefficient (Wildman–Crippen LogP) is 3.57. The smallest absolute Gasteiger partial charge is 0.179 e. The van der Waals surface area contributed by atoms with E-state index in [4.69, 9.17) is 23.7 Å². The Hall–Kier alpha value is -2.70. The molecule has 2 aliphatic heterocycles. The van der Waals surface area contributed by atoms with Gasteiger partial charge in [0.05, 0.1) is 34.5 Å². The van der Waals surface area contributed by atoms with E-state index in [1.165, 1.54) is 0 Å². The van der Waals surface area contributed by atoms with Gasteiger partial charge in [0.2, 0.25) is 0 Å². The number of nitrogens with zero attached hydrogens (tertiary/aromatic N) is 1. The van der Waals surface area contributed by atoms with E-state index in [-0.39, 0.29) is 6.23 Å². The monoisotopic (exact) mass is 383 g/mol. The van der Waals surface area contributed by atoms with Crippen LogP contribution in [-0.2, 0) is 9.47 Å². The van der Waals surface area contributed by atoms with E-state index in [9.17, 15) is 0 Å². The number of hydrogen-bond acceptors (Lipinski definition) is 6. The van der Waals surface area contributed by atoms with Crippen LogP contribution in [0.3, 0.4) is 0 Å². The van der Waals surface area contributed by atoms with Crippen LogP contribution in [0.2, 0.25) is 0 Å². The summed E-state index contributed by atoms with van der Waals surface area (Å²) in [6.45, 7) is 3.02. The van der Waals surface area contributed by atoms with Crippen LogP contribution in [0.25, 0.3) is 11.8 Å². The Morgan fingerprint density at radius 1 is 0.893 bits per heavy atom. The molecule has 1 saturated heterocycles. The van der Waals surface area contributed by atoms with E-state index in [1.54, 1.807) is 21.3 Å². The lowest BCUT2D eigenvalue weighted by Gasteiger charge is -2.38. The number of methoxy groups -OCH3 is 3. The minimum absolute atomic E-state index is 0.208. The molecule has 2 aliphatic rings. The van der Waals surface area contributed by atoms with Crippen molar-refractivity contribution in [2.45, 2.75) is 6.23 Å². The third-order valence-electron chi connectivity index (χ3n) is 5.13. The second kappa shape index (κ2) is 8.12. The second-order valence-corrected chi connectivity index (χ2v) is 6.69. The van der Waals surface area contributed by atoms with Crippen LogP contribution >= 0.6 is 0 Å². The number of hydrogen-bond donors (Lipinski definition) is 0. The van der Waals surface area contributed by atoms with Gasteiger partial charge in [-0.2, -0.15) is 0 Å². The zero-order valence-corrected chi connectivity index (χ0v) is 16.4. The van der Waals surface area contributed by atoms with Crippen LogP contribution in [0.5, 0.6) is 17.2 Å². The summed E-state index contributed by atoms with van der Waals surface area (Å²) in [6, 6.07) is 11.9. The molecule has 0 saturated carbocycles. The number of fused-ring (bicyclic) bond motifs is 1. The first-order chi connectivity index (χ1) is 13.7. The molecule has 1 fully saturated rings. The van der Waals surface area contributed by atoms with Crippen molar-refractivity contribution >= 4 is 11.8 Å². The van der Waals surface area contributed by atoms with Crippen molar-refractivity contribution < 1.29 is 23.7 Å². The summed E-state index contributed by atoms with van der Waals surface area (Å²) in [5.41, 5.74) is 3.13. The van der Waals surface area contributed by atoms with Gasteiger partial charge in [0.25, 0.3) is 0 Å². The Labute approximate surface area is 165 Å². The van der Waals surface area contributed by atoms with Gasteiger partial charge in [-0.1, -0.05) is 0 Å². The Kier molecular flexibility index (Phi) is 5.41. The van der Waals surface area contributed by atoms with Gasteiger partial charge in [-0.15, -0.1) is 0 Å². The van der Waals surface area contributed by atoms with Crippen molar-refractivity contribution in [3.63, 3.8) is 0 Å². The Bertz CT molecular complexity index is 856. The van der Waals surface area contributed by atoms with E-state index >= 15 is 0 Å². The van der Waals surface area contributed by atoms with Crippen molar-refractivity contribution in [3.05, 3.63) is 53.1 Å². The molecule has 28 heavy (non-hydrogen) atoms. The van der Waals surface area contributed by atoms with E-state index in [0.717, 1.165) is 41.3 Å². The summed E-state index contributed by atoms with van der Waals surface area (Å²) in [5.74, 6) is 3.04. The van der Waals surface area contributed by atoms with E-state index < -0.39 is 0 Å². The Balaban J connectivity index is 1.78. The highest BCUT2D eigenvalue weighted by Gasteiger charge is 2.31. The SMILES string of the molecule is COc1ccc(C2=Cc3cc(OC)c(OC)cc3C(N3CCOCC3)O2)cc1. The minimum atomic E-state index is -0.208. The van der Waals surface area contributed by atoms with Gasteiger partial charge in [-0.3, -0.25) is 4.90 Å². The highest BCUT2D eigenvalue weighted by Crippen LogP contribution is 2.42. The molecule has 2 aromatic rings. The summed E-state index contributed by atoms with van der Waals surface area (Å²) in [5, 5.41) is 0. The molecule has 1 atom stereocenters. The molecule has 0 radical (unpaired) electrons. The number of benzene rings is 2. The molecule has 0 spiro atoms. The standard InChI is InChI=1S/C22H25NO5/c1-24-17-6-4-15(5-7-17)19-12-16-13-20(25-2)21(26-3)14-18(16)22(28-19)23-8-10-27-11-9-23/h4-7,12-14,22H,8-11H2,1-3H3. The third-order valence-corrected chi connectivity index (χ3v) is 5.13. The first-order valence-corrected chi connectivity index (χ1v) is 9.34. The number of morpholine rings is 1. The molecule has 0 aliphatic carbocycles. The molecule has 0 bridgehead atoms. The summed E-state index contributed by atoms with van der Waals surface area (Å²) in [6.07, 6.45) is 1.84. The summed E-state index contributed by atoms with van der Waals surface area (Å²) >= 11 is 0. The fourth-order valence-electron chi connectivity index (χ4n) is 3.60. The molecule has 0 aromatic heterocycles. The molecule has 0 amide bonds. The zero-order valence-electron chi connectivity index (χ0n) is 16.4. The topological polar surface area (TPSA) is 49.4 Å². The van der Waals surface area contributed by atoms with Crippen molar-refractivity contribution in [2.75, 3.05) is 47.6 Å². The largest absolute Gasteiger partial charge is 0.497 e. The van der Waals surface area contributed by atoms with Gasteiger partial charge < -0.3 is 23.7 Å². The fraction of sp³-hybridized carbons (Fsp3) is 0.364. The molecule has 6 nitrogen and oxygen atoms in total. The maximum atomic E-state index is 6.48. The zero-order chi connectivity index (χ0) is 19.5. The average molecular weight is 383 g/mol. The van der Waals surface area contributed by atoms with Crippen molar-refractivity contribution in [1.82, 2.24) is 4.90 Å². The van der Waals surface area contributed by atoms with Crippen LogP contribution in [0, 0.1) is 0 Å². The van der Waals surface area contributed by atoms with Crippen LogP contribution in [-0.4, -0.2) is 52.5 Å². The van der Waals surface area contributed by atoms with Crippen molar-refractivity contribution in [2.24, 2.45) is 0 Å². The first-order valence-electron chi connectivity index (χ1n) is 9.34. The molecule has 2 aromatic carbocycles. The van der Waals surface area contributed by atoms with Crippen molar-refractivity contribution in [3.8, 4) is 17.2 Å². The van der Waals surface area contributed by atoms with E-state index in [2.05, 4.69) is 11.0 Å². The lowest BCUT2D eigenvalue weighted by Crippen LogP contribution is -2.40. The molecule has 0 N–H and O–H groups in total. The van der Waals surface area contributed by atoms with Crippen LogP contribution in [0.4, 0.5) is 0 Å². The second-order valence-electron chi connectivity index (χ2n) is 6.69. The number of rotatable bonds is 5. The van der Waals surface area contributed by atoms with Crippen LogP contribution in [0.1, 0.15) is 22.9 Å². The molecule has 6 heteroatoms. The van der Waals surface area contributed by atoms with Crippen LogP contribution < -0.4 is 14.2 Å². The molecule has 4 rings (SSSR count). The summed E-state index contributed by atoms with van der Waals surface area (Å²) in [7, 11) is 4.96. The van der Waals surface area contributed by atoms with Gasteiger partial charge >= 0.3 is 0 Å². The third kappa shape index (κ3) is 3.53. The Morgan fingerprint density at radius 3 is 2.21 bits per heavy atom. The van der Waals surface area contributed by atoms with Gasteiger partial charge in [0.1, 0.15) is 11.5 Å². The van der Waals surface area contributed by atoms with Gasteiger partial charge in [0, 0.05) is 24.2 Å². The predicted molar refractivity (Wildman–Crippen MR) is 107 cm³/mol. The highest BCUT2D eigenvalue weighted by molar-refractivity contribution is 5.81. The maximum Gasteiger partial charge on any atom is 0.179 e. The lowest BCUT2D eigenvalue weighted by molar-refractivity contribution is -0.0603. The Morgan fingerprint density at radius 2 is 1.57 bits per heavy atom. The first kappa shape index (κ1) is 18.7. The van der Waals surface area contributed by atoms with Gasteiger partial charge in [0.15, 0.2) is 17.7 Å². The summed E-state index contributed by atoms with van der Waals surface area (Å²) < 4.78 is 28.3. The molecule has 1 unspecified atom stereocenters. The minimum Gasteiger partial charge on any atom is -0.497 e. The van der Waals surface area contributed by atoms with Gasteiger partial charge in [-0.05, 0) is 48.0 Å². The fourth-order valence-corrected chi connectivity index (χ4v) is 3.60. The molecule has 2 heterocycles. The van der Waals surface area contributed by atoms with Crippen molar-refractivity contribution in [1.29, 1.82) is 0 Å². The normalized spacial score (nSPS) is 19.2. The highest BCUT2D eigenvalue weighted by atomic mass is 16.5. The molecule has 148 valence electrons. The maximum absolute atomic E-state index is 6.48. The number of ether oxygens (including phenoxy) is 5. The lowest BCUT2D eigenvalue weighted by atomic mass is 9.98. The van der Waals surface area contributed by atoms with Gasteiger partial charge in [-0.25, -0.2) is 0 Å². The molecular weight excluding hydrogens is 358 g/mol. The molecular formula is C22H25NO5.